The zero-order chi connectivity index (χ0) is 18.7. The Kier molecular flexibility index (Phi) is 12.8. The van der Waals surface area contributed by atoms with E-state index in [1.807, 2.05) is 0 Å². The molecule has 0 spiro atoms. The second-order valence-corrected chi connectivity index (χ2v) is 9.36. The summed E-state index contributed by atoms with van der Waals surface area (Å²) in [6.07, 6.45) is 10.1. The van der Waals surface area contributed by atoms with E-state index in [0.29, 0.717) is 0 Å². The van der Waals surface area contributed by atoms with Crippen molar-refractivity contribution in [1.29, 1.82) is 0 Å². The van der Waals surface area contributed by atoms with Crippen molar-refractivity contribution >= 4 is 0 Å². The van der Waals surface area contributed by atoms with Crippen LogP contribution >= 0.6 is 0 Å². The van der Waals surface area contributed by atoms with Crippen LogP contribution in [0.2, 0.25) is 0 Å². The van der Waals surface area contributed by atoms with Crippen LogP contribution in [-0.4, -0.2) is 11.2 Å². The predicted octanol–water partition coefficient (Wildman–Crippen LogP) is 7.24. The Morgan fingerprint density at radius 1 is 0.833 bits per heavy atom. The lowest BCUT2D eigenvalue weighted by Gasteiger charge is -2.21. The molecule has 0 amide bonds. The van der Waals surface area contributed by atoms with Gasteiger partial charge in [-0.2, -0.15) is 0 Å². The summed E-state index contributed by atoms with van der Waals surface area (Å²) in [7, 11) is 0. The summed E-state index contributed by atoms with van der Waals surface area (Å²) in [6, 6.07) is 0. The highest BCUT2D eigenvalue weighted by Crippen LogP contribution is 2.24. The highest BCUT2D eigenvalue weighted by Gasteiger charge is 2.13. The number of hydrogen-bond acceptors (Lipinski definition) is 1. The summed E-state index contributed by atoms with van der Waals surface area (Å²) in [5.41, 5.74) is 1.45. The van der Waals surface area contributed by atoms with Crippen molar-refractivity contribution in [2.45, 2.75) is 106 Å². The first-order chi connectivity index (χ1) is 11.1. The van der Waals surface area contributed by atoms with Crippen LogP contribution in [0.25, 0.3) is 0 Å². The van der Waals surface area contributed by atoms with Gasteiger partial charge in [-0.05, 0) is 68.6 Å². The van der Waals surface area contributed by atoms with E-state index in [1.54, 1.807) is 0 Å². The quantitative estimate of drug-likeness (QED) is 0.351. The van der Waals surface area contributed by atoms with Crippen LogP contribution in [0.15, 0.2) is 11.6 Å². The van der Waals surface area contributed by atoms with Crippen molar-refractivity contribution in [1.82, 2.24) is 0 Å². The Hall–Kier alpha value is -0.300. The average molecular weight is 339 g/mol. The summed E-state index contributed by atoms with van der Waals surface area (Å²) in [5, 5.41) is 10.3. The Balaban J connectivity index is 3.99. The molecule has 0 aliphatic heterocycles. The Morgan fingerprint density at radius 3 is 1.96 bits per heavy atom. The molecule has 0 aliphatic carbocycles. The fourth-order valence-corrected chi connectivity index (χ4v) is 3.31. The first-order valence-corrected chi connectivity index (χ1v) is 10.4. The van der Waals surface area contributed by atoms with Crippen molar-refractivity contribution in [2.75, 3.05) is 0 Å². The van der Waals surface area contributed by atoms with E-state index in [1.165, 1.54) is 31.3 Å². The van der Waals surface area contributed by atoms with Gasteiger partial charge in [0.1, 0.15) is 0 Å². The van der Waals surface area contributed by atoms with Crippen molar-refractivity contribution in [3.63, 3.8) is 0 Å². The van der Waals surface area contributed by atoms with Gasteiger partial charge in [0.25, 0.3) is 0 Å². The lowest BCUT2D eigenvalue weighted by molar-refractivity contribution is 0.154. The molecule has 0 rings (SSSR count). The van der Waals surface area contributed by atoms with Crippen LogP contribution in [0.3, 0.4) is 0 Å². The van der Waals surface area contributed by atoms with Gasteiger partial charge in [-0.15, -0.1) is 0 Å². The molecular formula is C23H46O. The molecule has 0 radical (unpaired) electrons. The third-order valence-electron chi connectivity index (χ3n) is 5.55. The van der Waals surface area contributed by atoms with E-state index < -0.39 is 0 Å². The maximum Gasteiger partial charge on any atom is 0.0574 e. The van der Waals surface area contributed by atoms with Gasteiger partial charge in [0.05, 0.1) is 6.10 Å². The van der Waals surface area contributed by atoms with Gasteiger partial charge in [-0.25, -0.2) is 0 Å². The summed E-state index contributed by atoms with van der Waals surface area (Å²) in [4.78, 5) is 0. The van der Waals surface area contributed by atoms with Gasteiger partial charge >= 0.3 is 0 Å². The first-order valence-electron chi connectivity index (χ1n) is 10.4. The Morgan fingerprint density at radius 2 is 1.42 bits per heavy atom. The fraction of sp³-hybridized carbons (Fsp3) is 0.913. The molecule has 4 atom stereocenters. The van der Waals surface area contributed by atoms with Gasteiger partial charge < -0.3 is 5.11 Å². The van der Waals surface area contributed by atoms with Gasteiger partial charge in [-0.1, -0.05) is 73.0 Å². The van der Waals surface area contributed by atoms with Gasteiger partial charge in [-0.3, -0.25) is 0 Å². The highest BCUT2D eigenvalue weighted by molar-refractivity contribution is 4.99. The van der Waals surface area contributed by atoms with Crippen LogP contribution in [0.4, 0.5) is 0 Å². The summed E-state index contributed by atoms with van der Waals surface area (Å²) in [6.45, 7) is 18.5. The molecule has 0 aromatic rings. The van der Waals surface area contributed by atoms with E-state index in [4.69, 9.17) is 0 Å². The molecule has 0 aliphatic rings. The maximum atomic E-state index is 10.3. The smallest absolute Gasteiger partial charge is 0.0574 e. The van der Waals surface area contributed by atoms with Crippen LogP contribution in [-0.2, 0) is 0 Å². The monoisotopic (exact) mass is 338 g/mol. The first kappa shape index (κ1) is 23.7. The lowest BCUT2D eigenvalue weighted by Crippen LogP contribution is -2.12. The van der Waals surface area contributed by atoms with Crippen molar-refractivity contribution in [2.24, 2.45) is 29.6 Å². The summed E-state index contributed by atoms with van der Waals surface area (Å²) >= 11 is 0. The standard InChI is InChI=1S/C23H46O/c1-17(2)9-10-19(5)15-20(6)11-13-23(24)14-12-21(7)16-22(8)18(3)4/h11,17-19,21-24H,9-10,12-16H2,1-8H3/b20-11+. The molecule has 4 unspecified atom stereocenters. The van der Waals surface area contributed by atoms with E-state index in [9.17, 15) is 5.11 Å². The number of hydrogen-bond donors (Lipinski definition) is 1. The molecule has 0 aromatic carbocycles. The maximum absolute atomic E-state index is 10.3. The number of aliphatic hydroxyl groups is 1. The molecular weight excluding hydrogens is 292 g/mol. The van der Waals surface area contributed by atoms with E-state index in [2.05, 4.69) is 61.5 Å². The van der Waals surface area contributed by atoms with Gasteiger partial charge in [0.2, 0.25) is 0 Å². The molecule has 0 aromatic heterocycles. The highest BCUT2D eigenvalue weighted by atomic mass is 16.3. The molecule has 144 valence electrons. The molecule has 1 heteroatoms. The SMILES string of the molecule is C/C(=C\CC(O)CCC(C)CC(C)C(C)C)CC(C)CCC(C)C. The number of aliphatic hydroxyl groups excluding tert-OH is 1. The predicted molar refractivity (Wildman–Crippen MR) is 109 cm³/mol. The Bertz CT molecular complexity index is 329. The van der Waals surface area contributed by atoms with Gasteiger partial charge in [0, 0.05) is 0 Å². The number of rotatable bonds is 13. The van der Waals surface area contributed by atoms with Crippen molar-refractivity contribution in [3.8, 4) is 0 Å². The topological polar surface area (TPSA) is 20.2 Å². The summed E-state index contributed by atoms with van der Waals surface area (Å²) in [5.74, 6) is 3.84. The third kappa shape index (κ3) is 13.0. The minimum absolute atomic E-state index is 0.164. The van der Waals surface area contributed by atoms with Gasteiger partial charge in [0.15, 0.2) is 0 Å². The fourth-order valence-electron chi connectivity index (χ4n) is 3.31. The Labute approximate surface area is 153 Å². The zero-order valence-electron chi connectivity index (χ0n) is 17.9. The molecule has 0 saturated carbocycles. The van der Waals surface area contributed by atoms with E-state index >= 15 is 0 Å². The van der Waals surface area contributed by atoms with Crippen molar-refractivity contribution < 1.29 is 5.11 Å². The second kappa shape index (κ2) is 13.0. The molecule has 0 heterocycles. The zero-order valence-corrected chi connectivity index (χ0v) is 17.9. The second-order valence-electron chi connectivity index (χ2n) is 9.36. The molecule has 0 saturated heterocycles. The van der Waals surface area contributed by atoms with Crippen LogP contribution in [0.5, 0.6) is 0 Å². The van der Waals surface area contributed by atoms with E-state index in [0.717, 1.165) is 48.9 Å². The number of allylic oxidation sites excluding steroid dienone is 1. The van der Waals surface area contributed by atoms with E-state index in [-0.39, 0.29) is 6.10 Å². The molecule has 1 nitrogen and oxygen atoms in total. The van der Waals surface area contributed by atoms with Crippen LogP contribution < -0.4 is 0 Å². The lowest BCUT2D eigenvalue weighted by atomic mass is 9.86. The minimum Gasteiger partial charge on any atom is -0.393 e. The average Bonchev–Trinajstić information content (AvgIpc) is 2.48. The third-order valence-corrected chi connectivity index (χ3v) is 5.55. The van der Waals surface area contributed by atoms with Crippen LogP contribution in [0, 0.1) is 29.6 Å². The molecule has 0 bridgehead atoms. The largest absolute Gasteiger partial charge is 0.393 e. The summed E-state index contributed by atoms with van der Waals surface area (Å²) < 4.78 is 0. The molecule has 1 N–H and O–H groups in total. The molecule has 0 fully saturated rings. The van der Waals surface area contributed by atoms with Crippen LogP contribution in [0.1, 0.15) is 100 Å². The van der Waals surface area contributed by atoms with Crippen molar-refractivity contribution in [3.05, 3.63) is 11.6 Å². The minimum atomic E-state index is -0.164. The molecule has 24 heavy (non-hydrogen) atoms. The normalized spacial score (nSPS) is 18.0.